The van der Waals surface area contributed by atoms with E-state index in [9.17, 15) is 5.11 Å². The van der Waals surface area contributed by atoms with Gasteiger partial charge in [-0.2, -0.15) is 0 Å². The van der Waals surface area contributed by atoms with Crippen molar-refractivity contribution in [3.8, 4) is 5.75 Å². The summed E-state index contributed by atoms with van der Waals surface area (Å²) in [7, 11) is 0. The molecule has 0 aliphatic heterocycles. The molecule has 0 radical (unpaired) electrons. The summed E-state index contributed by atoms with van der Waals surface area (Å²) in [6, 6.07) is 8.48. The molecular weight excluding hydrogens is 262 g/mol. The van der Waals surface area contributed by atoms with Crippen LogP contribution in [0.4, 0.5) is 0 Å². The van der Waals surface area contributed by atoms with Gasteiger partial charge < -0.3 is 27.6 Å². The van der Waals surface area contributed by atoms with E-state index in [0.29, 0.717) is 19.2 Å². The lowest BCUT2D eigenvalue weighted by molar-refractivity contribution is -0.00000561. The Morgan fingerprint density at radius 2 is 2.00 bits per heavy atom. The predicted molar refractivity (Wildman–Crippen MR) is 72.9 cm³/mol. The Hall–Kier alpha value is -0.770. The van der Waals surface area contributed by atoms with Gasteiger partial charge in [0.25, 0.3) is 0 Å². The number of rotatable bonds is 6. The maximum Gasteiger partial charge on any atom is 0.122 e. The van der Waals surface area contributed by atoms with Crippen molar-refractivity contribution < 1.29 is 22.3 Å². The number of benzene rings is 1. The Labute approximate surface area is 121 Å². The van der Waals surface area contributed by atoms with Gasteiger partial charge in [0.2, 0.25) is 0 Å². The Morgan fingerprint density at radius 1 is 1.32 bits per heavy atom. The first-order valence-electron chi connectivity index (χ1n) is 6.85. The highest BCUT2D eigenvalue weighted by Crippen LogP contribution is 2.18. The normalized spacial score (nSPS) is 16.9. The summed E-state index contributed by atoms with van der Waals surface area (Å²) in [5.41, 5.74) is 1.11. The number of halogens is 1. The number of para-hydroxylation sites is 1. The molecule has 19 heavy (non-hydrogen) atoms. The predicted octanol–water partition coefficient (Wildman–Crippen LogP) is -0.729. The van der Waals surface area contributed by atoms with Crippen molar-refractivity contribution in [1.29, 1.82) is 0 Å². The van der Waals surface area contributed by atoms with Crippen LogP contribution in [0.25, 0.3) is 0 Å². The molecule has 108 valence electrons. The molecule has 0 aromatic heterocycles. The average Bonchev–Trinajstić information content (AvgIpc) is 2.88. The molecule has 2 rings (SSSR count). The van der Waals surface area contributed by atoms with Gasteiger partial charge in [-0.1, -0.05) is 31.0 Å². The topological polar surface area (TPSA) is 41.5 Å². The van der Waals surface area contributed by atoms with E-state index in [-0.39, 0.29) is 12.4 Å². The lowest BCUT2D eigenvalue weighted by Crippen LogP contribution is -3.00. The van der Waals surface area contributed by atoms with E-state index in [1.165, 1.54) is 25.7 Å². The van der Waals surface area contributed by atoms with Gasteiger partial charge in [-0.3, -0.25) is 0 Å². The second-order valence-corrected chi connectivity index (χ2v) is 5.12. The van der Waals surface area contributed by atoms with Gasteiger partial charge in [-0.05, 0) is 31.4 Å². The summed E-state index contributed by atoms with van der Waals surface area (Å²) < 4.78 is 5.62. The SMILES string of the molecule is Cc1ccccc1OCC(O)CNC1CCCC1.[Cl-]. The third kappa shape index (κ3) is 5.39. The molecule has 1 aromatic rings. The third-order valence-corrected chi connectivity index (χ3v) is 3.52. The third-order valence-electron chi connectivity index (χ3n) is 3.52. The van der Waals surface area contributed by atoms with Crippen molar-refractivity contribution in [2.75, 3.05) is 13.2 Å². The molecule has 1 fully saturated rings. The fourth-order valence-electron chi connectivity index (χ4n) is 2.40. The fraction of sp³-hybridized carbons (Fsp3) is 0.600. The zero-order valence-electron chi connectivity index (χ0n) is 11.4. The Morgan fingerprint density at radius 3 is 2.68 bits per heavy atom. The maximum absolute atomic E-state index is 9.87. The zero-order chi connectivity index (χ0) is 12.8. The first-order valence-corrected chi connectivity index (χ1v) is 6.85. The van der Waals surface area contributed by atoms with Crippen LogP contribution in [0.15, 0.2) is 24.3 Å². The molecule has 0 bridgehead atoms. The minimum atomic E-state index is -0.440. The number of hydrogen-bond acceptors (Lipinski definition) is 3. The standard InChI is InChI=1S/C15H23NO2.ClH/c1-12-6-2-5-9-15(12)18-11-14(17)10-16-13-7-3-4-8-13;/h2,5-6,9,13-14,16-17H,3-4,7-8,10-11H2,1H3;1H/p-1. The molecule has 1 atom stereocenters. The van der Waals surface area contributed by atoms with E-state index in [4.69, 9.17) is 4.74 Å². The van der Waals surface area contributed by atoms with Crippen LogP contribution in [0.1, 0.15) is 31.2 Å². The van der Waals surface area contributed by atoms with Gasteiger partial charge in [0, 0.05) is 12.6 Å². The van der Waals surface area contributed by atoms with Crippen LogP contribution < -0.4 is 22.5 Å². The van der Waals surface area contributed by atoms with Crippen LogP contribution >= 0.6 is 0 Å². The van der Waals surface area contributed by atoms with E-state index in [0.717, 1.165) is 11.3 Å². The van der Waals surface area contributed by atoms with Crippen LogP contribution in [-0.2, 0) is 0 Å². The highest BCUT2D eigenvalue weighted by Gasteiger charge is 2.15. The Balaban J connectivity index is 0.00000180. The lowest BCUT2D eigenvalue weighted by Gasteiger charge is -2.17. The quantitative estimate of drug-likeness (QED) is 0.724. The van der Waals surface area contributed by atoms with Crippen molar-refractivity contribution in [3.05, 3.63) is 29.8 Å². The zero-order valence-corrected chi connectivity index (χ0v) is 12.2. The average molecular weight is 285 g/mol. The lowest BCUT2D eigenvalue weighted by atomic mass is 10.2. The highest BCUT2D eigenvalue weighted by molar-refractivity contribution is 5.31. The Kier molecular flexibility index (Phi) is 7.21. The van der Waals surface area contributed by atoms with Crippen molar-refractivity contribution in [1.82, 2.24) is 5.32 Å². The van der Waals surface area contributed by atoms with E-state index < -0.39 is 6.10 Å². The summed E-state index contributed by atoms with van der Waals surface area (Å²) >= 11 is 0. The molecule has 4 heteroatoms. The van der Waals surface area contributed by atoms with Crippen molar-refractivity contribution >= 4 is 0 Å². The van der Waals surface area contributed by atoms with Crippen molar-refractivity contribution in [2.24, 2.45) is 0 Å². The first kappa shape index (κ1) is 16.3. The van der Waals surface area contributed by atoms with Crippen LogP contribution in [0.3, 0.4) is 0 Å². The van der Waals surface area contributed by atoms with Gasteiger partial charge in [-0.15, -0.1) is 0 Å². The Bertz CT molecular complexity index is 367. The first-order chi connectivity index (χ1) is 8.75. The van der Waals surface area contributed by atoms with Crippen LogP contribution in [-0.4, -0.2) is 30.4 Å². The molecule has 0 heterocycles. The molecule has 3 nitrogen and oxygen atoms in total. The number of hydrogen-bond donors (Lipinski definition) is 2. The number of nitrogens with one attached hydrogen (secondary N) is 1. The molecule has 2 N–H and O–H groups in total. The minimum Gasteiger partial charge on any atom is -1.00 e. The van der Waals surface area contributed by atoms with E-state index >= 15 is 0 Å². The second-order valence-electron chi connectivity index (χ2n) is 5.12. The molecule has 1 saturated carbocycles. The van der Waals surface area contributed by atoms with E-state index in [1.54, 1.807) is 0 Å². The van der Waals surface area contributed by atoms with Crippen LogP contribution in [0.2, 0.25) is 0 Å². The van der Waals surface area contributed by atoms with Crippen LogP contribution in [0, 0.1) is 6.92 Å². The van der Waals surface area contributed by atoms with Gasteiger partial charge in [-0.25, -0.2) is 0 Å². The number of aryl methyl sites for hydroxylation is 1. The highest BCUT2D eigenvalue weighted by atomic mass is 35.5. The summed E-state index contributed by atoms with van der Waals surface area (Å²) in [6.07, 6.45) is 4.67. The molecular formula is C15H23ClNO2-. The van der Waals surface area contributed by atoms with Gasteiger partial charge in [0.15, 0.2) is 0 Å². The van der Waals surface area contributed by atoms with E-state index in [1.807, 2.05) is 31.2 Å². The van der Waals surface area contributed by atoms with Gasteiger partial charge >= 0.3 is 0 Å². The second kappa shape index (κ2) is 8.41. The number of ether oxygens (including phenoxy) is 1. The number of aliphatic hydroxyl groups is 1. The molecule has 1 aromatic carbocycles. The number of aliphatic hydroxyl groups excluding tert-OH is 1. The summed E-state index contributed by atoms with van der Waals surface area (Å²) in [5.74, 6) is 0.859. The largest absolute Gasteiger partial charge is 1.00 e. The minimum absolute atomic E-state index is 0. The van der Waals surface area contributed by atoms with Crippen LogP contribution in [0.5, 0.6) is 5.75 Å². The molecule has 1 aliphatic rings. The van der Waals surface area contributed by atoms with Gasteiger partial charge in [0.05, 0.1) is 0 Å². The molecule has 0 saturated heterocycles. The van der Waals surface area contributed by atoms with Crippen molar-refractivity contribution in [3.63, 3.8) is 0 Å². The molecule has 1 unspecified atom stereocenters. The maximum atomic E-state index is 9.87. The summed E-state index contributed by atoms with van der Waals surface area (Å²) in [4.78, 5) is 0. The smallest absolute Gasteiger partial charge is 0.122 e. The van der Waals surface area contributed by atoms with Crippen molar-refractivity contribution in [2.45, 2.75) is 44.8 Å². The van der Waals surface area contributed by atoms with E-state index in [2.05, 4.69) is 5.32 Å². The summed E-state index contributed by atoms with van der Waals surface area (Å²) in [6.45, 7) is 2.99. The summed E-state index contributed by atoms with van der Waals surface area (Å²) in [5, 5.41) is 13.3. The monoisotopic (exact) mass is 284 g/mol. The molecule has 0 spiro atoms. The molecule has 1 aliphatic carbocycles. The fourth-order valence-corrected chi connectivity index (χ4v) is 2.40. The molecule has 0 amide bonds. The van der Waals surface area contributed by atoms with Gasteiger partial charge in [0.1, 0.15) is 18.5 Å².